The SMILES string of the molecule is CCC(=O)NCCN(C)CC(=O)NC(=O)OC[C@@H]1CCCN1C(=O)OC1CC[C@]2(CO2)C([C@@]2(C)O[C@@H]2CC=C(C)C)C1OC. The van der Waals surface area contributed by atoms with Crippen molar-refractivity contribution >= 4 is 24.0 Å². The Hall–Kier alpha value is -2.74. The monoisotopic (exact) mass is 622 g/mol. The van der Waals surface area contributed by atoms with Gasteiger partial charge in [-0.05, 0) is 59.9 Å². The number of nitrogens with one attached hydrogen (secondary N) is 2. The molecular formula is C31H50N4O9. The normalized spacial score (nSPS) is 32.2. The second kappa shape index (κ2) is 14.6. The van der Waals surface area contributed by atoms with Crippen LogP contribution in [0.15, 0.2) is 11.6 Å². The molecule has 0 aromatic heterocycles. The molecule has 13 heteroatoms. The number of allylic oxidation sites excluding steroid dienone is 1. The first kappa shape index (κ1) is 34.1. The summed E-state index contributed by atoms with van der Waals surface area (Å²) < 4.78 is 29.7. The molecule has 0 aromatic carbocycles. The minimum Gasteiger partial charge on any atom is -0.447 e. The molecule has 3 unspecified atom stereocenters. The van der Waals surface area contributed by atoms with Gasteiger partial charge < -0.3 is 33.9 Å². The van der Waals surface area contributed by atoms with Crippen molar-refractivity contribution in [1.82, 2.24) is 20.4 Å². The van der Waals surface area contributed by atoms with Crippen LogP contribution < -0.4 is 10.6 Å². The van der Waals surface area contributed by atoms with Crippen molar-refractivity contribution in [2.45, 2.75) is 102 Å². The minimum atomic E-state index is -0.868. The zero-order valence-corrected chi connectivity index (χ0v) is 27.0. The standard InChI is InChI=1S/C31H50N4O9/c1-7-24(36)32-14-16-34(5)17-25(37)33-28(38)41-18-21-9-8-15-35(21)29(39)43-22-12-13-31(19-42-31)27(26(22)40-6)30(4)23(44-30)11-10-20(2)3/h10,21-23,26-27H,7-9,11-19H2,1-6H3,(H,32,36)(H,33,37,38)/t21-,22?,23+,26?,27?,30-,31-/m0/s1. The first-order valence-electron chi connectivity index (χ1n) is 15.8. The van der Waals surface area contributed by atoms with E-state index in [2.05, 4.69) is 37.5 Å². The van der Waals surface area contributed by atoms with Gasteiger partial charge in [-0.1, -0.05) is 18.6 Å². The Labute approximate surface area is 260 Å². The second-order valence-electron chi connectivity index (χ2n) is 12.9. The second-order valence-corrected chi connectivity index (χ2v) is 12.9. The molecule has 4 rings (SSSR count). The molecule has 3 aliphatic heterocycles. The topological polar surface area (TPSA) is 152 Å². The van der Waals surface area contributed by atoms with Crippen LogP contribution in [-0.2, 0) is 33.3 Å². The van der Waals surface area contributed by atoms with E-state index in [4.69, 9.17) is 23.7 Å². The maximum absolute atomic E-state index is 13.4. The first-order valence-corrected chi connectivity index (χ1v) is 15.8. The zero-order chi connectivity index (χ0) is 32.1. The average molecular weight is 623 g/mol. The van der Waals surface area contributed by atoms with Gasteiger partial charge in [0.2, 0.25) is 11.8 Å². The maximum Gasteiger partial charge on any atom is 0.413 e. The number of epoxide rings is 2. The fraction of sp³-hybridized carbons (Fsp3) is 0.806. The van der Waals surface area contributed by atoms with Crippen molar-refractivity contribution in [3.63, 3.8) is 0 Å². The van der Waals surface area contributed by atoms with E-state index in [-0.39, 0.29) is 48.8 Å². The van der Waals surface area contributed by atoms with Gasteiger partial charge in [-0.2, -0.15) is 0 Å². The van der Waals surface area contributed by atoms with E-state index in [1.807, 2.05) is 0 Å². The number of rotatable bonds is 13. The molecule has 3 heterocycles. The van der Waals surface area contributed by atoms with Gasteiger partial charge in [-0.3, -0.25) is 19.8 Å². The van der Waals surface area contributed by atoms with E-state index >= 15 is 0 Å². The highest BCUT2D eigenvalue weighted by Gasteiger charge is 2.72. The molecule has 248 valence electrons. The lowest BCUT2D eigenvalue weighted by molar-refractivity contribution is -0.122. The van der Waals surface area contributed by atoms with Gasteiger partial charge >= 0.3 is 12.2 Å². The number of carbonyl (C=O) groups excluding carboxylic acids is 4. The Bertz CT molecular complexity index is 1090. The number of amides is 4. The number of hydrogen-bond acceptors (Lipinski definition) is 10. The number of hydrogen-bond donors (Lipinski definition) is 2. The van der Waals surface area contributed by atoms with Gasteiger partial charge in [0.15, 0.2) is 0 Å². The molecule has 0 aromatic rings. The number of nitrogens with zero attached hydrogens (tertiary/aromatic N) is 2. The lowest BCUT2D eigenvalue weighted by Gasteiger charge is -2.43. The molecule has 0 radical (unpaired) electrons. The van der Waals surface area contributed by atoms with Gasteiger partial charge in [0.05, 0.1) is 31.2 Å². The van der Waals surface area contributed by atoms with Crippen LogP contribution in [0.25, 0.3) is 0 Å². The molecule has 4 amide bonds. The fourth-order valence-corrected chi connectivity index (χ4v) is 6.71. The molecule has 1 aliphatic carbocycles. The van der Waals surface area contributed by atoms with E-state index in [1.165, 1.54) is 5.57 Å². The minimum absolute atomic E-state index is 0.0336. The molecule has 4 aliphatic rings. The highest BCUT2D eigenvalue weighted by Crippen LogP contribution is 2.59. The summed E-state index contributed by atoms with van der Waals surface area (Å²) in [4.78, 5) is 52.6. The number of carbonyl (C=O) groups is 4. The largest absolute Gasteiger partial charge is 0.447 e. The number of ether oxygens (including phenoxy) is 5. The summed E-state index contributed by atoms with van der Waals surface area (Å²) in [5, 5.41) is 4.95. The summed E-state index contributed by atoms with van der Waals surface area (Å²) in [6.45, 7) is 9.92. The van der Waals surface area contributed by atoms with Gasteiger partial charge in [0.25, 0.3) is 0 Å². The number of likely N-dealkylation sites (tertiary alicyclic amines) is 1. The van der Waals surface area contributed by atoms with Crippen LogP contribution in [0.5, 0.6) is 0 Å². The molecule has 13 nitrogen and oxygen atoms in total. The molecule has 44 heavy (non-hydrogen) atoms. The van der Waals surface area contributed by atoms with Gasteiger partial charge in [0.1, 0.15) is 30.0 Å². The number of alkyl carbamates (subject to hydrolysis) is 1. The summed E-state index contributed by atoms with van der Waals surface area (Å²) in [6, 6.07) is -0.357. The fourth-order valence-electron chi connectivity index (χ4n) is 6.71. The third-order valence-electron chi connectivity index (χ3n) is 9.30. The van der Waals surface area contributed by atoms with Crippen LogP contribution in [0.2, 0.25) is 0 Å². The van der Waals surface area contributed by atoms with Crippen LogP contribution in [0.1, 0.15) is 66.2 Å². The van der Waals surface area contributed by atoms with Crippen LogP contribution in [0, 0.1) is 5.92 Å². The van der Waals surface area contributed by atoms with Crippen LogP contribution in [-0.4, -0.2) is 123 Å². The Morgan fingerprint density at radius 3 is 2.57 bits per heavy atom. The molecule has 0 bridgehead atoms. The predicted molar refractivity (Wildman–Crippen MR) is 160 cm³/mol. The summed E-state index contributed by atoms with van der Waals surface area (Å²) >= 11 is 0. The lowest BCUT2D eigenvalue weighted by Crippen LogP contribution is -2.56. The molecule has 7 atom stereocenters. The van der Waals surface area contributed by atoms with Crippen molar-refractivity contribution in [3.8, 4) is 0 Å². The van der Waals surface area contributed by atoms with Crippen molar-refractivity contribution in [3.05, 3.63) is 11.6 Å². The average Bonchev–Trinajstić information content (AvgIpc) is 3.83. The van der Waals surface area contributed by atoms with Crippen LogP contribution in [0.4, 0.5) is 9.59 Å². The smallest absolute Gasteiger partial charge is 0.413 e. The Morgan fingerprint density at radius 1 is 1.16 bits per heavy atom. The molecule has 3 saturated heterocycles. The summed E-state index contributed by atoms with van der Waals surface area (Å²) in [7, 11) is 3.36. The Kier molecular flexibility index (Phi) is 11.3. The van der Waals surface area contributed by atoms with E-state index < -0.39 is 29.8 Å². The Balaban J connectivity index is 1.25. The first-order chi connectivity index (χ1) is 20.9. The third kappa shape index (κ3) is 8.29. The van der Waals surface area contributed by atoms with Crippen molar-refractivity contribution in [2.24, 2.45) is 5.92 Å². The number of methoxy groups -OCH3 is 1. The van der Waals surface area contributed by atoms with Crippen LogP contribution in [0.3, 0.4) is 0 Å². The quantitative estimate of drug-likeness (QED) is 0.231. The van der Waals surface area contributed by atoms with Gasteiger partial charge in [-0.25, -0.2) is 9.59 Å². The zero-order valence-electron chi connectivity index (χ0n) is 27.0. The Morgan fingerprint density at radius 2 is 1.91 bits per heavy atom. The summed E-state index contributed by atoms with van der Waals surface area (Å²) in [5.74, 6) is -0.659. The van der Waals surface area contributed by atoms with E-state index in [1.54, 1.807) is 30.9 Å². The van der Waals surface area contributed by atoms with Crippen molar-refractivity contribution in [1.29, 1.82) is 0 Å². The molecule has 1 spiro atoms. The molecular weight excluding hydrogens is 572 g/mol. The van der Waals surface area contributed by atoms with Crippen LogP contribution >= 0.6 is 0 Å². The third-order valence-corrected chi connectivity index (χ3v) is 9.30. The summed E-state index contributed by atoms with van der Waals surface area (Å²) in [6.07, 6.45) is 4.04. The van der Waals surface area contributed by atoms with Gasteiger partial charge in [0, 0.05) is 33.2 Å². The molecule has 4 fully saturated rings. The van der Waals surface area contributed by atoms with Crippen molar-refractivity contribution < 1.29 is 42.9 Å². The highest BCUT2D eigenvalue weighted by molar-refractivity contribution is 5.92. The predicted octanol–water partition coefficient (Wildman–Crippen LogP) is 2.37. The molecule has 1 saturated carbocycles. The maximum atomic E-state index is 13.4. The number of imide groups is 1. The highest BCUT2D eigenvalue weighted by atomic mass is 16.6. The van der Waals surface area contributed by atoms with E-state index in [9.17, 15) is 19.2 Å². The van der Waals surface area contributed by atoms with E-state index in [0.29, 0.717) is 45.5 Å². The molecule has 2 N–H and O–H groups in total. The van der Waals surface area contributed by atoms with Gasteiger partial charge in [-0.15, -0.1) is 0 Å². The van der Waals surface area contributed by atoms with E-state index in [0.717, 1.165) is 19.3 Å². The van der Waals surface area contributed by atoms with Crippen molar-refractivity contribution in [2.75, 3.05) is 53.6 Å². The summed E-state index contributed by atoms with van der Waals surface area (Å²) in [5.41, 5.74) is 0.501. The number of likely N-dealkylation sites (N-methyl/N-ethyl adjacent to an activating group) is 1. The lowest BCUT2D eigenvalue weighted by atomic mass is 9.68.